The molecule has 0 unspecified atom stereocenters. The molecule has 2 heterocycles. The SMILES string of the molecule is COc1cc([C@@H]2C(C#N)=C(N)Oc3n[nH]c(C)c32)cc(Br)c1OCc1ccc(Br)cc1. The molecule has 1 aliphatic rings. The number of nitrogens with one attached hydrogen (secondary N) is 1. The minimum Gasteiger partial charge on any atom is -0.493 e. The maximum absolute atomic E-state index is 9.76. The number of halogens is 2. The summed E-state index contributed by atoms with van der Waals surface area (Å²) in [6, 6.07) is 13.8. The first-order chi connectivity index (χ1) is 14.9. The number of allylic oxidation sites excluding steroid dienone is 1. The number of nitriles is 1. The minimum absolute atomic E-state index is 0.0390. The number of aromatic nitrogens is 2. The van der Waals surface area contributed by atoms with Crippen molar-refractivity contribution in [2.24, 2.45) is 5.73 Å². The molecule has 1 atom stereocenters. The number of aryl methyl sites for hydroxylation is 1. The second-order valence-corrected chi connectivity index (χ2v) is 8.71. The van der Waals surface area contributed by atoms with E-state index in [1.165, 1.54) is 0 Å². The van der Waals surface area contributed by atoms with Crippen LogP contribution in [-0.4, -0.2) is 17.3 Å². The van der Waals surface area contributed by atoms with Gasteiger partial charge in [-0.25, -0.2) is 0 Å². The van der Waals surface area contributed by atoms with E-state index < -0.39 is 5.92 Å². The molecular formula is C22H18Br2N4O3. The molecule has 158 valence electrons. The third-order valence-electron chi connectivity index (χ3n) is 5.01. The topological polar surface area (TPSA) is 106 Å². The first kappa shape index (κ1) is 21.3. The Balaban J connectivity index is 1.73. The number of hydrogen-bond acceptors (Lipinski definition) is 6. The van der Waals surface area contributed by atoms with Gasteiger partial charge in [-0.2, -0.15) is 5.26 Å². The lowest BCUT2D eigenvalue weighted by Crippen LogP contribution is -2.21. The van der Waals surface area contributed by atoms with Crippen LogP contribution >= 0.6 is 31.9 Å². The van der Waals surface area contributed by atoms with Crippen molar-refractivity contribution in [3.8, 4) is 23.4 Å². The van der Waals surface area contributed by atoms with Crippen LogP contribution in [0.1, 0.15) is 28.3 Å². The van der Waals surface area contributed by atoms with E-state index in [0.717, 1.165) is 26.9 Å². The van der Waals surface area contributed by atoms with Crippen molar-refractivity contribution >= 4 is 31.9 Å². The highest BCUT2D eigenvalue weighted by Crippen LogP contribution is 2.46. The Kier molecular flexibility index (Phi) is 5.94. The highest BCUT2D eigenvalue weighted by Gasteiger charge is 2.35. The number of ether oxygens (including phenoxy) is 3. The van der Waals surface area contributed by atoms with E-state index in [-0.39, 0.29) is 5.88 Å². The van der Waals surface area contributed by atoms with Gasteiger partial charge in [-0.1, -0.05) is 28.1 Å². The van der Waals surface area contributed by atoms with Crippen molar-refractivity contribution < 1.29 is 14.2 Å². The number of benzene rings is 2. The summed E-state index contributed by atoms with van der Waals surface area (Å²) in [5, 5.41) is 16.8. The summed E-state index contributed by atoms with van der Waals surface area (Å²) < 4.78 is 18.9. The van der Waals surface area contributed by atoms with Crippen LogP contribution in [0.3, 0.4) is 0 Å². The molecule has 0 bridgehead atoms. The first-order valence-electron chi connectivity index (χ1n) is 9.30. The third kappa shape index (κ3) is 4.01. The molecule has 3 N–H and O–H groups in total. The minimum atomic E-state index is -0.446. The number of aromatic amines is 1. The van der Waals surface area contributed by atoms with Crippen molar-refractivity contribution in [3.05, 3.63) is 79.2 Å². The molecule has 0 spiro atoms. The Bertz CT molecular complexity index is 1210. The molecule has 7 nitrogen and oxygen atoms in total. The van der Waals surface area contributed by atoms with Gasteiger partial charge in [0, 0.05) is 15.7 Å². The van der Waals surface area contributed by atoms with Crippen LogP contribution in [0.2, 0.25) is 0 Å². The van der Waals surface area contributed by atoms with Crippen LogP contribution in [0.15, 0.2) is 56.8 Å². The van der Waals surface area contributed by atoms with Crippen molar-refractivity contribution in [1.29, 1.82) is 5.26 Å². The zero-order valence-electron chi connectivity index (χ0n) is 16.7. The lowest BCUT2D eigenvalue weighted by atomic mass is 9.84. The van der Waals surface area contributed by atoms with Gasteiger partial charge in [0.05, 0.1) is 17.5 Å². The molecule has 0 saturated heterocycles. The number of hydrogen-bond donors (Lipinski definition) is 2. The maximum atomic E-state index is 9.76. The molecule has 4 rings (SSSR count). The molecule has 9 heteroatoms. The summed E-state index contributed by atoms with van der Waals surface area (Å²) >= 11 is 7.03. The third-order valence-corrected chi connectivity index (χ3v) is 6.13. The molecule has 0 saturated carbocycles. The van der Waals surface area contributed by atoms with Gasteiger partial charge < -0.3 is 19.9 Å². The predicted molar refractivity (Wildman–Crippen MR) is 122 cm³/mol. The number of H-pyrrole nitrogens is 1. The lowest BCUT2D eigenvalue weighted by molar-refractivity contribution is 0.282. The van der Waals surface area contributed by atoms with E-state index in [1.54, 1.807) is 7.11 Å². The van der Waals surface area contributed by atoms with Gasteiger partial charge >= 0.3 is 0 Å². The van der Waals surface area contributed by atoms with Crippen molar-refractivity contribution in [3.63, 3.8) is 0 Å². The van der Waals surface area contributed by atoms with E-state index in [9.17, 15) is 5.26 Å². The zero-order valence-corrected chi connectivity index (χ0v) is 19.9. The van der Waals surface area contributed by atoms with E-state index in [2.05, 4.69) is 48.1 Å². The number of nitrogens with two attached hydrogens (primary N) is 1. The summed E-state index contributed by atoms with van der Waals surface area (Å²) in [6.45, 7) is 2.25. The molecule has 0 aliphatic carbocycles. The van der Waals surface area contributed by atoms with Crippen LogP contribution in [-0.2, 0) is 6.61 Å². The zero-order chi connectivity index (χ0) is 22.1. The largest absolute Gasteiger partial charge is 0.493 e. The Hall–Kier alpha value is -2.96. The van der Waals surface area contributed by atoms with Crippen LogP contribution < -0.4 is 19.9 Å². The Morgan fingerprint density at radius 1 is 1.26 bits per heavy atom. The molecule has 0 amide bonds. The van der Waals surface area contributed by atoms with Crippen LogP contribution in [0.25, 0.3) is 0 Å². The molecule has 3 aromatic rings. The second kappa shape index (κ2) is 8.65. The summed E-state index contributed by atoms with van der Waals surface area (Å²) in [7, 11) is 1.58. The average Bonchev–Trinajstić information content (AvgIpc) is 3.12. The number of methoxy groups -OCH3 is 1. The van der Waals surface area contributed by atoms with Crippen molar-refractivity contribution in [2.45, 2.75) is 19.4 Å². The normalized spacial score (nSPS) is 15.1. The Morgan fingerprint density at radius 2 is 2.00 bits per heavy atom. The van der Waals surface area contributed by atoms with Crippen molar-refractivity contribution in [2.75, 3.05) is 7.11 Å². The monoisotopic (exact) mass is 544 g/mol. The molecule has 1 aromatic heterocycles. The van der Waals surface area contributed by atoms with Crippen molar-refractivity contribution in [1.82, 2.24) is 10.2 Å². The smallest absolute Gasteiger partial charge is 0.244 e. The van der Waals surface area contributed by atoms with Gasteiger partial charge in [-0.15, -0.1) is 5.10 Å². The summed E-state index contributed by atoms with van der Waals surface area (Å²) in [6.07, 6.45) is 0. The quantitative estimate of drug-likeness (QED) is 0.464. The highest BCUT2D eigenvalue weighted by atomic mass is 79.9. The second-order valence-electron chi connectivity index (χ2n) is 6.94. The van der Waals surface area contributed by atoms with E-state index in [4.69, 9.17) is 19.9 Å². The number of fused-ring (bicyclic) bond motifs is 1. The average molecular weight is 546 g/mol. The maximum Gasteiger partial charge on any atom is 0.244 e. The standard InChI is InChI=1S/C22H18Br2N4O3/c1-11-18-19(15(9-25)21(26)31-22(18)28-27-11)13-7-16(24)20(17(8-13)29-2)30-10-12-3-5-14(23)6-4-12/h3-8,19H,10,26H2,1-2H3,(H,27,28)/t19-/m1/s1. The van der Waals surface area contributed by atoms with Gasteiger partial charge in [0.1, 0.15) is 18.2 Å². The van der Waals surface area contributed by atoms with Crippen LogP contribution in [0, 0.1) is 18.3 Å². The Morgan fingerprint density at radius 3 is 2.68 bits per heavy atom. The van der Waals surface area contributed by atoms with Gasteiger partial charge in [-0.05, 0) is 58.2 Å². The van der Waals surface area contributed by atoms with Crippen LogP contribution in [0.5, 0.6) is 17.4 Å². The lowest BCUT2D eigenvalue weighted by Gasteiger charge is -2.25. The fraction of sp³-hybridized carbons (Fsp3) is 0.182. The molecular weight excluding hydrogens is 528 g/mol. The van der Waals surface area contributed by atoms with Crippen LogP contribution in [0.4, 0.5) is 0 Å². The first-order valence-corrected chi connectivity index (χ1v) is 10.9. The fourth-order valence-electron chi connectivity index (χ4n) is 3.51. The van der Waals surface area contributed by atoms with E-state index in [1.807, 2.05) is 43.3 Å². The number of rotatable bonds is 5. The van der Waals surface area contributed by atoms with Gasteiger partial charge in [0.2, 0.25) is 11.8 Å². The number of nitrogens with zero attached hydrogens (tertiary/aromatic N) is 2. The summed E-state index contributed by atoms with van der Waals surface area (Å²) in [4.78, 5) is 0. The van der Waals surface area contributed by atoms with E-state index >= 15 is 0 Å². The summed E-state index contributed by atoms with van der Waals surface area (Å²) in [5.41, 5.74) is 9.71. The van der Waals surface area contributed by atoms with E-state index in [0.29, 0.717) is 34.0 Å². The Labute approximate surface area is 196 Å². The molecule has 2 aromatic carbocycles. The van der Waals surface area contributed by atoms with Gasteiger partial charge in [-0.3, -0.25) is 5.10 Å². The fourth-order valence-corrected chi connectivity index (χ4v) is 4.35. The highest BCUT2D eigenvalue weighted by molar-refractivity contribution is 9.10. The molecule has 1 aliphatic heterocycles. The predicted octanol–water partition coefficient (Wildman–Crippen LogP) is 5.05. The molecule has 0 fully saturated rings. The van der Waals surface area contributed by atoms with Gasteiger partial charge in [0.25, 0.3) is 0 Å². The summed E-state index contributed by atoms with van der Waals surface area (Å²) in [5.74, 6) is 1.06. The molecule has 0 radical (unpaired) electrons. The van der Waals surface area contributed by atoms with Gasteiger partial charge in [0.15, 0.2) is 11.5 Å². The molecule has 31 heavy (non-hydrogen) atoms.